The van der Waals surface area contributed by atoms with Crippen LogP contribution in [0.2, 0.25) is 0 Å². The van der Waals surface area contributed by atoms with Gasteiger partial charge < -0.3 is 5.11 Å². The normalized spacial score (nSPS) is 17.3. The highest BCUT2D eigenvalue weighted by Crippen LogP contribution is 2.40. The van der Waals surface area contributed by atoms with Crippen LogP contribution in [0.15, 0.2) is 36.5 Å². The van der Waals surface area contributed by atoms with E-state index in [0.29, 0.717) is 11.6 Å². The molecule has 1 heterocycles. The lowest BCUT2D eigenvalue weighted by atomic mass is 10.2. The molecule has 1 saturated carbocycles. The van der Waals surface area contributed by atoms with Crippen LogP contribution in [0.25, 0.3) is 5.69 Å². The van der Waals surface area contributed by atoms with E-state index in [1.54, 1.807) is 11.0 Å². The summed E-state index contributed by atoms with van der Waals surface area (Å²) in [5, 5.41) is 18.4. The average molecular weight is 215 g/mol. The standard InChI is InChI=1S/C12H13N3O/c16-12(9-6-7-9)11-8-13-15(14-11)10-4-2-1-3-5-10/h1-5,8-9,12,16H,6-7H2. The van der Waals surface area contributed by atoms with E-state index >= 15 is 0 Å². The highest BCUT2D eigenvalue weighted by molar-refractivity contribution is 5.28. The van der Waals surface area contributed by atoms with Gasteiger partial charge in [-0.05, 0) is 30.9 Å². The SMILES string of the molecule is OC(c1cnn(-c2ccccc2)n1)C1CC1. The lowest BCUT2D eigenvalue weighted by molar-refractivity contribution is 0.148. The Balaban J connectivity index is 1.87. The van der Waals surface area contributed by atoms with Crippen molar-refractivity contribution in [1.82, 2.24) is 15.0 Å². The number of aliphatic hydroxyl groups excluding tert-OH is 1. The Morgan fingerprint density at radius 3 is 2.69 bits per heavy atom. The topological polar surface area (TPSA) is 50.9 Å². The monoisotopic (exact) mass is 215 g/mol. The summed E-state index contributed by atoms with van der Waals surface area (Å²) in [6, 6.07) is 9.71. The van der Waals surface area contributed by atoms with Crippen molar-refractivity contribution < 1.29 is 5.11 Å². The Hall–Kier alpha value is -1.68. The zero-order valence-electron chi connectivity index (χ0n) is 8.82. The maximum Gasteiger partial charge on any atom is 0.112 e. The average Bonchev–Trinajstić information content (AvgIpc) is 3.07. The second-order valence-corrected chi connectivity index (χ2v) is 4.18. The van der Waals surface area contributed by atoms with E-state index in [2.05, 4.69) is 10.2 Å². The van der Waals surface area contributed by atoms with Crippen LogP contribution in [0.1, 0.15) is 24.6 Å². The molecule has 0 spiro atoms. The Morgan fingerprint density at radius 2 is 2.00 bits per heavy atom. The summed E-state index contributed by atoms with van der Waals surface area (Å²) in [6.07, 6.45) is 3.40. The first-order valence-electron chi connectivity index (χ1n) is 5.50. The van der Waals surface area contributed by atoms with Crippen molar-refractivity contribution in [2.45, 2.75) is 18.9 Å². The van der Waals surface area contributed by atoms with Crippen molar-refractivity contribution in [3.63, 3.8) is 0 Å². The Bertz CT molecular complexity index is 476. The first kappa shape index (κ1) is 9.54. The fourth-order valence-electron chi connectivity index (χ4n) is 1.75. The summed E-state index contributed by atoms with van der Waals surface area (Å²) >= 11 is 0. The van der Waals surface area contributed by atoms with Crippen molar-refractivity contribution >= 4 is 0 Å². The molecule has 1 atom stereocenters. The molecule has 0 aliphatic heterocycles. The smallest absolute Gasteiger partial charge is 0.112 e. The van der Waals surface area contributed by atoms with Crippen LogP contribution in [0, 0.1) is 5.92 Å². The van der Waals surface area contributed by atoms with E-state index in [-0.39, 0.29) is 0 Å². The molecule has 1 aromatic heterocycles. The van der Waals surface area contributed by atoms with E-state index in [9.17, 15) is 5.11 Å². The van der Waals surface area contributed by atoms with Gasteiger partial charge in [0.1, 0.15) is 11.8 Å². The summed E-state index contributed by atoms with van der Waals surface area (Å²) in [5.74, 6) is 0.390. The molecule has 0 amide bonds. The minimum atomic E-state index is -0.447. The highest BCUT2D eigenvalue weighted by Gasteiger charge is 2.32. The van der Waals surface area contributed by atoms with Crippen molar-refractivity contribution in [2.24, 2.45) is 5.92 Å². The van der Waals surface area contributed by atoms with Gasteiger partial charge in [0, 0.05) is 0 Å². The molecule has 16 heavy (non-hydrogen) atoms. The zero-order chi connectivity index (χ0) is 11.0. The first-order valence-corrected chi connectivity index (χ1v) is 5.50. The molecule has 1 unspecified atom stereocenters. The van der Waals surface area contributed by atoms with Crippen LogP contribution in [-0.2, 0) is 0 Å². The fourth-order valence-corrected chi connectivity index (χ4v) is 1.75. The van der Waals surface area contributed by atoms with Crippen LogP contribution in [-0.4, -0.2) is 20.1 Å². The van der Waals surface area contributed by atoms with Gasteiger partial charge in [-0.1, -0.05) is 18.2 Å². The number of nitrogens with zero attached hydrogens (tertiary/aromatic N) is 3. The predicted octanol–water partition coefficient (Wildman–Crippen LogP) is 1.71. The number of aliphatic hydroxyl groups is 1. The molecular formula is C12H13N3O. The van der Waals surface area contributed by atoms with Gasteiger partial charge in [-0.2, -0.15) is 15.0 Å². The molecule has 1 aliphatic rings. The molecule has 3 rings (SSSR count). The third kappa shape index (κ3) is 1.72. The first-order chi connectivity index (χ1) is 7.84. The van der Waals surface area contributed by atoms with Crippen LogP contribution in [0.4, 0.5) is 0 Å². The zero-order valence-corrected chi connectivity index (χ0v) is 8.82. The van der Waals surface area contributed by atoms with Crippen LogP contribution >= 0.6 is 0 Å². The maximum absolute atomic E-state index is 9.90. The molecule has 0 saturated heterocycles. The van der Waals surface area contributed by atoms with Gasteiger partial charge in [0.2, 0.25) is 0 Å². The van der Waals surface area contributed by atoms with E-state index in [1.165, 1.54) is 0 Å². The van der Waals surface area contributed by atoms with E-state index < -0.39 is 6.10 Å². The number of benzene rings is 1. The van der Waals surface area contributed by atoms with Crippen LogP contribution in [0.5, 0.6) is 0 Å². The Labute approximate surface area is 93.5 Å². The third-order valence-electron chi connectivity index (χ3n) is 2.87. The lowest BCUT2D eigenvalue weighted by Gasteiger charge is -2.03. The Kier molecular flexibility index (Phi) is 2.22. The largest absolute Gasteiger partial charge is 0.386 e. The third-order valence-corrected chi connectivity index (χ3v) is 2.87. The number of aromatic nitrogens is 3. The van der Waals surface area contributed by atoms with E-state index in [1.807, 2.05) is 30.3 Å². The van der Waals surface area contributed by atoms with Gasteiger partial charge in [-0.25, -0.2) is 0 Å². The van der Waals surface area contributed by atoms with Crippen molar-refractivity contribution in [1.29, 1.82) is 0 Å². The number of rotatable bonds is 3. The molecule has 0 bridgehead atoms. The summed E-state index contributed by atoms with van der Waals surface area (Å²) in [6.45, 7) is 0. The molecule has 1 aliphatic carbocycles. The van der Waals surface area contributed by atoms with E-state index in [4.69, 9.17) is 0 Å². The van der Waals surface area contributed by atoms with E-state index in [0.717, 1.165) is 18.5 Å². The minimum Gasteiger partial charge on any atom is -0.386 e. The predicted molar refractivity (Wildman–Crippen MR) is 59.0 cm³/mol. The highest BCUT2D eigenvalue weighted by atomic mass is 16.3. The molecule has 82 valence electrons. The minimum absolute atomic E-state index is 0.390. The fraction of sp³-hybridized carbons (Fsp3) is 0.333. The maximum atomic E-state index is 9.90. The van der Waals surface area contributed by atoms with Crippen LogP contribution in [0.3, 0.4) is 0 Å². The van der Waals surface area contributed by atoms with Gasteiger partial charge in [0.25, 0.3) is 0 Å². The van der Waals surface area contributed by atoms with Crippen molar-refractivity contribution in [2.75, 3.05) is 0 Å². The van der Waals surface area contributed by atoms with Gasteiger partial charge >= 0.3 is 0 Å². The molecular weight excluding hydrogens is 202 g/mol. The number of hydrogen-bond donors (Lipinski definition) is 1. The van der Waals surface area contributed by atoms with Crippen molar-refractivity contribution in [3.05, 3.63) is 42.2 Å². The molecule has 2 aromatic rings. The quantitative estimate of drug-likeness (QED) is 0.848. The summed E-state index contributed by atoms with van der Waals surface area (Å²) in [7, 11) is 0. The Morgan fingerprint density at radius 1 is 1.25 bits per heavy atom. The second-order valence-electron chi connectivity index (χ2n) is 4.18. The van der Waals surface area contributed by atoms with Gasteiger partial charge in [0.05, 0.1) is 11.9 Å². The van der Waals surface area contributed by atoms with Crippen molar-refractivity contribution in [3.8, 4) is 5.69 Å². The molecule has 0 radical (unpaired) electrons. The molecule has 1 N–H and O–H groups in total. The number of para-hydroxylation sites is 1. The summed E-state index contributed by atoms with van der Waals surface area (Å²) in [5.41, 5.74) is 1.59. The van der Waals surface area contributed by atoms with Gasteiger partial charge in [-0.15, -0.1) is 0 Å². The summed E-state index contributed by atoms with van der Waals surface area (Å²) < 4.78 is 0. The van der Waals surface area contributed by atoms with Gasteiger partial charge in [-0.3, -0.25) is 0 Å². The lowest BCUT2D eigenvalue weighted by Crippen LogP contribution is -2.03. The molecule has 4 heteroatoms. The number of hydrogen-bond acceptors (Lipinski definition) is 3. The second kappa shape index (κ2) is 3.72. The molecule has 4 nitrogen and oxygen atoms in total. The molecule has 1 aromatic carbocycles. The van der Waals surface area contributed by atoms with Crippen LogP contribution < -0.4 is 0 Å². The molecule has 1 fully saturated rings. The van der Waals surface area contributed by atoms with Gasteiger partial charge in [0.15, 0.2) is 0 Å². The summed E-state index contributed by atoms with van der Waals surface area (Å²) in [4.78, 5) is 1.56.